The van der Waals surface area contributed by atoms with E-state index in [4.69, 9.17) is 14.2 Å². The second kappa shape index (κ2) is 5.36. The lowest BCUT2D eigenvalue weighted by atomic mass is 10.0. The molecule has 1 aromatic rings. The molecule has 2 aliphatic rings. The van der Waals surface area contributed by atoms with Crippen LogP contribution in [-0.2, 0) is 11.3 Å². The molecule has 0 saturated carbocycles. The lowest BCUT2D eigenvalue weighted by molar-refractivity contribution is 0.0268. The van der Waals surface area contributed by atoms with Gasteiger partial charge in [-0.3, -0.25) is 0 Å². The van der Waals surface area contributed by atoms with E-state index < -0.39 is 5.60 Å². The maximum Gasteiger partial charge on any atom is 0.161 e. The Bertz CT molecular complexity index is 443. The molecule has 1 fully saturated rings. The summed E-state index contributed by atoms with van der Waals surface area (Å²) in [5.74, 6) is 1.60. The number of benzene rings is 1. The fourth-order valence-electron chi connectivity index (χ4n) is 2.37. The highest BCUT2D eigenvalue weighted by atomic mass is 16.6. The van der Waals surface area contributed by atoms with Crippen LogP contribution < -0.4 is 14.8 Å². The minimum Gasteiger partial charge on any atom is -0.486 e. The Morgan fingerprint density at radius 1 is 1.16 bits per heavy atom. The van der Waals surface area contributed by atoms with Crippen LogP contribution in [0.2, 0.25) is 0 Å². The molecule has 1 saturated heterocycles. The van der Waals surface area contributed by atoms with Crippen LogP contribution >= 0.6 is 0 Å². The molecule has 104 valence electrons. The topological polar surface area (TPSA) is 60.0 Å². The predicted molar refractivity (Wildman–Crippen MR) is 69.5 cm³/mol. The van der Waals surface area contributed by atoms with Gasteiger partial charge in [-0.1, -0.05) is 6.07 Å². The number of hydrogen-bond acceptors (Lipinski definition) is 5. The zero-order valence-corrected chi connectivity index (χ0v) is 10.9. The molecule has 0 bridgehead atoms. The molecule has 2 heterocycles. The van der Waals surface area contributed by atoms with E-state index in [0.717, 1.165) is 17.1 Å². The molecule has 0 radical (unpaired) electrons. The van der Waals surface area contributed by atoms with E-state index in [2.05, 4.69) is 5.32 Å². The van der Waals surface area contributed by atoms with Gasteiger partial charge in [0.1, 0.15) is 18.8 Å². The fourth-order valence-corrected chi connectivity index (χ4v) is 2.37. The summed E-state index contributed by atoms with van der Waals surface area (Å²) in [6.07, 6.45) is 0.696. The van der Waals surface area contributed by atoms with Crippen molar-refractivity contribution in [1.29, 1.82) is 0 Å². The predicted octanol–water partition coefficient (Wildman–Crippen LogP) is 0.699. The highest BCUT2D eigenvalue weighted by molar-refractivity contribution is 5.43. The van der Waals surface area contributed by atoms with E-state index in [-0.39, 0.29) is 0 Å². The molecule has 1 unspecified atom stereocenters. The van der Waals surface area contributed by atoms with Crippen LogP contribution in [-0.4, -0.2) is 43.7 Å². The van der Waals surface area contributed by atoms with Gasteiger partial charge in [-0.2, -0.15) is 0 Å². The summed E-state index contributed by atoms with van der Waals surface area (Å²) in [7, 11) is 0. The van der Waals surface area contributed by atoms with E-state index in [0.29, 0.717) is 45.9 Å². The van der Waals surface area contributed by atoms with E-state index in [9.17, 15) is 5.11 Å². The van der Waals surface area contributed by atoms with E-state index in [1.165, 1.54) is 0 Å². The van der Waals surface area contributed by atoms with Gasteiger partial charge >= 0.3 is 0 Å². The number of ether oxygens (including phenoxy) is 3. The Hall–Kier alpha value is -1.30. The third kappa shape index (κ3) is 3.00. The molecule has 19 heavy (non-hydrogen) atoms. The van der Waals surface area contributed by atoms with Gasteiger partial charge in [-0.15, -0.1) is 0 Å². The van der Waals surface area contributed by atoms with Crippen molar-refractivity contribution in [3.8, 4) is 11.5 Å². The maximum atomic E-state index is 10.1. The van der Waals surface area contributed by atoms with Crippen LogP contribution in [0.5, 0.6) is 11.5 Å². The summed E-state index contributed by atoms with van der Waals surface area (Å²) >= 11 is 0. The van der Waals surface area contributed by atoms with Gasteiger partial charge in [0.2, 0.25) is 0 Å². The van der Waals surface area contributed by atoms with Crippen LogP contribution in [0, 0.1) is 0 Å². The van der Waals surface area contributed by atoms with Crippen molar-refractivity contribution in [1.82, 2.24) is 5.32 Å². The van der Waals surface area contributed by atoms with Crippen LogP contribution in [0.3, 0.4) is 0 Å². The van der Waals surface area contributed by atoms with Crippen molar-refractivity contribution in [2.45, 2.75) is 18.6 Å². The zero-order chi connectivity index (χ0) is 13.1. The molecule has 2 aliphatic heterocycles. The Kier molecular flexibility index (Phi) is 3.59. The Labute approximate surface area is 112 Å². The number of nitrogens with one attached hydrogen (secondary N) is 1. The molecular weight excluding hydrogens is 246 g/mol. The minimum atomic E-state index is -0.714. The SMILES string of the molecule is OC1(CNCc2ccc3c(c2)OCCO3)CCOC1. The summed E-state index contributed by atoms with van der Waals surface area (Å²) < 4.78 is 16.2. The zero-order valence-electron chi connectivity index (χ0n) is 10.9. The molecule has 1 aromatic carbocycles. The van der Waals surface area contributed by atoms with Gasteiger partial charge in [0.15, 0.2) is 11.5 Å². The minimum absolute atomic E-state index is 0.418. The Morgan fingerprint density at radius 2 is 2.00 bits per heavy atom. The number of fused-ring (bicyclic) bond motifs is 1. The smallest absolute Gasteiger partial charge is 0.161 e. The fraction of sp³-hybridized carbons (Fsp3) is 0.571. The number of rotatable bonds is 4. The van der Waals surface area contributed by atoms with Gasteiger partial charge in [-0.05, 0) is 17.7 Å². The van der Waals surface area contributed by atoms with Crippen molar-refractivity contribution in [2.24, 2.45) is 0 Å². The van der Waals surface area contributed by atoms with Crippen LogP contribution in [0.25, 0.3) is 0 Å². The molecule has 0 aromatic heterocycles. The third-order valence-electron chi connectivity index (χ3n) is 3.47. The van der Waals surface area contributed by atoms with Crippen molar-refractivity contribution in [3.05, 3.63) is 23.8 Å². The maximum absolute atomic E-state index is 10.1. The monoisotopic (exact) mass is 265 g/mol. The van der Waals surface area contributed by atoms with Crippen LogP contribution in [0.15, 0.2) is 18.2 Å². The molecule has 2 N–H and O–H groups in total. The highest BCUT2D eigenvalue weighted by Gasteiger charge is 2.31. The molecule has 5 nitrogen and oxygen atoms in total. The second-order valence-electron chi connectivity index (χ2n) is 5.11. The summed E-state index contributed by atoms with van der Waals surface area (Å²) in [4.78, 5) is 0. The van der Waals surface area contributed by atoms with Gasteiger partial charge in [0.05, 0.1) is 6.61 Å². The molecular formula is C14H19NO4. The molecule has 0 amide bonds. The van der Waals surface area contributed by atoms with Crippen LogP contribution in [0.4, 0.5) is 0 Å². The first-order valence-corrected chi connectivity index (χ1v) is 6.65. The molecule has 5 heteroatoms. The highest BCUT2D eigenvalue weighted by Crippen LogP contribution is 2.30. The summed E-state index contributed by atoms with van der Waals surface area (Å²) in [5.41, 5.74) is 0.403. The van der Waals surface area contributed by atoms with Crippen LogP contribution in [0.1, 0.15) is 12.0 Å². The van der Waals surface area contributed by atoms with Crippen molar-refractivity contribution >= 4 is 0 Å². The van der Waals surface area contributed by atoms with Crippen molar-refractivity contribution in [2.75, 3.05) is 33.0 Å². The first kappa shape index (κ1) is 12.7. The quantitative estimate of drug-likeness (QED) is 0.839. The third-order valence-corrected chi connectivity index (χ3v) is 3.47. The molecule has 1 atom stereocenters. The number of aliphatic hydroxyl groups is 1. The van der Waals surface area contributed by atoms with Crippen molar-refractivity contribution < 1.29 is 19.3 Å². The first-order chi connectivity index (χ1) is 9.25. The standard InChI is InChI=1S/C14H19NO4/c16-14(3-4-17-10-14)9-15-8-11-1-2-12-13(7-11)19-6-5-18-12/h1-2,7,15-16H,3-6,8-10H2. The van der Waals surface area contributed by atoms with E-state index in [1.54, 1.807) is 0 Å². The summed E-state index contributed by atoms with van der Waals surface area (Å²) in [6, 6.07) is 5.92. The van der Waals surface area contributed by atoms with Gasteiger partial charge in [0.25, 0.3) is 0 Å². The molecule has 0 aliphatic carbocycles. The average molecular weight is 265 g/mol. The summed E-state index contributed by atoms with van der Waals surface area (Å²) in [5, 5.41) is 13.4. The average Bonchev–Trinajstić information content (AvgIpc) is 2.86. The first-order valence-electron chi connectivity index (χ1n) is 6.65. The van der Waals surface area contributed by atoms with E-state index >= 15 is 0 Å². The molecule has 0 spiro atoms. The Morgan fingerprint density at radius 3 is 2.79 bits per heavy atom. The van der Waals surface area contributed by atoms with Gasteiger partial charge in [-0.25, -0.2) is 0 Å². The lowest BCUT2D eigenvalue weighted by Gasteiger charge is -2.21. The second-order valence-corrected chi connectivity index (χ2v) is 5.11. The van der Waals surface area contributed by atoms with Crippen molar-refractivity contribution in [3.63, 3.8) is 0 Å². The molecule has 3 rings (SSSR count). The largest absolute Gasteiger partial charge is 0.486 e. The van der Waals surface area contributed by atoms with Gasteiger partial charge in [0, 0.05) is 26.1 Å². The number of hydrogen-bond donors (Lipinski definition) is 2. The lowest BCUT2D eigenvalue weighted by Crippen LogP contribution is -2.40. The normalized spacial score (nSPS) is 25.5. The van der Waals surface area contributed by atoms with Gasteiger partial charge < -0.3 is 24.6 Å². The Balaban J connectivity index is 1.55. The van der Waals surface area contributed by atoms with E-state index in [1.807, 2.05) is 18.2 Å². The summed E-state index contributed by atoms with van der Waals surface area (Å²) in [6.45, 7) is 3.50.